The van der Waals surface area contributed by atoms with Gasteiger partial charge in [-0.1, -0.05) is 6.07 Å². The lowest BCUT2D eigenvalue weighted by Gasteiger charge is -2.28. The lowest BCUT2D eigenvalue weighted by Crippen LogP contribution is -2.46. The molecule has 1 aliphatic carbocycles. The van der Waals surface area contributed by atoms with E-state index in [1.165, 1.54) is 6.07 Å². The zero-order valence-corrected chi connectivity index (χ0v) is 15.5. The number of halogens is 4. The average molecular weight is 424 g/mol. The largest absolute Gasteiger partial charge is 0.465 e. The van der Waals surface area contributed by atoms with Crippen LogP contribution < -0.4 is 16.0 Å². The molecule has 0 unspecified atom stereocenters. The van der Waals surface area contributed by atoms with Crippen LogP contribution in [0, 0.1) is 0 Å². The van der Waals surface area contributed by atoms with Crippen LogP contribution in [0.5, 0.6) is 0 Å². The maximum Gasteiger partial charge on any atom is 0.416 e. The third kappa shape index (κ3) is 7.26. The second-order valence-electron chi connectivity index (χ2n) is 6.33. The lowest BCUT2D eigenvalue weighted by atomic mass is 9.91. The van der Waals surface area contributed by atoms with Crippen molar-refractivity contribution in [3.63, 3.8) is 0 Å². The van der Waals surface area contributed by atoms with Gasteiger partial charge < -0.3 is 21.1 Å². The molecule has 1 fully saturated rings. The molecule has 0 aromatic heterocycles. The number of hydrogen-bond donors (Lipinski definition) is 4. The third-order valence-electron chi connectivity index (χ3n) is 4.28. The van der Waals surface area contributed by atoms with Crippen LogP contribution in [0.25, 0.3) is 0 Å². The summed E-state index contributed by atoms with van der Waals surface area (Å²) in [4.78, 5) is 34.4. The molecule has 28 heavy (non-hydrogen) atoms. The first kappa shape index (κ1) is 23.5. The average Bonchev–Trinajstić information content (AvgIpc) is 2.60. The van der Waals surface area contributed by atoms with E-state index in [0.29, 0.717) is 25.7 Å². The van der Waals surface area contributed by atoms with E-state index in [0.717, 1.165) is 18.2 Å². The Hall–Kier alpha value is -2.49. The molecule has 0 saturated heterocycles. The number of rotatable bonds is 5. The van der Waals surface area contributed by atoms with Gasteiger partial charge in [0.1, 0.15) is 0 Å². The van der Waals surface area contributed by atoms with Crippen LogP contribution >= 0.6 is 12.4 Å². The van der Waals surface area contributed by atoms with Gasteiger partial charge in [-0.3, -0.25) is 9.59 Å². The Bertz CT molecular complexity index is 707. The highest BCUT2D eigenvalue weighted by Crippen LogP contribution is 2.29. The van der Waals surface area contributed by atoms with Crippen molar-refractivity contribution in [2.24, 2.45) is 0 Å². The minimum atomic E-state index is -4.55. The second-order valence-corrected chi connectivity index (χ2v) is 6.33. The van der Waals surface area contributed by atoms with Crippen LogP contribution in [0.1, 0.15) is 41.6 Å². The van der Waals surface area contributed by atoms with E-state index in [1.807, 2.05) is 0 Å². The van der Waals surface area contributed by atoms with Gasteiger partial charge in [0.25, 0.3) is 5.91 Å². The van der Waals surface area contributed by atoms with Gasteiger partial charge in [0, 0.05) is 17.6 Å². The molecule has 0 heterocycles. The molecule has 1 saturated carbocycles. The molecular formula is C17H21ClF3N3O4. The van der Waals surface area contributed by atoms with Crippen LogP contribution in [0.4, 0.5) is 18.0 Å². The number of nitrogens with one attached hydrogen (secondary N) is 3. The Morgan fingerprint density at radius 1 is 1.04 bits per heavy atom. The second kappa shape index (κ2) is 10.2. The Morgan fingerprint density at radius 2 is 1.61 bits per heavy atom. The van der Waals surface area contributed by atoms with Gasteiger partial charge in [-0.2, -0.15) is 13.2 Å². The molecule has 0 radical (unpaired) electrons. The standard InChI is InChI=1S/C17H20F3N3O4.ClH/c18-17(19,20)11-3-1-2-10(8-11)15(25)21-9-14(24)22-12-4-6-13(7-5-12)23-16(26)27;/h1-3,8,12-13,23H,4-7,9H2,(H,21,25)(H,22,24)(H,26,27);1H. The van der Waals surface area contributed by atoms with Gasteiger partial charge in [-0.15, -0.1) is 12.4 Å². The van der Waals surface area contributed by atoms with E-state index in [-0.39, 0.29) is 36.6 Å². The van der Waals surface area contributed by atoms with Gasteiger partial charge in [0.15, 0.2) is 0 Å². The summed E-state index contributed by atoms with van der Waals surface area (Å²) in [5.74, 6) is -1.23. The minimum Gasteiger partial charge on any atom is -0.465 e. The molecule has 7 nitrogen and oxygen atoms in total. The minimum absolute atomic E-state index is 0. The predicted molar refractivity (Wildman–Crippen MR) is 96.4 cm³/mol. The first-order valence-electron chi connectivity index (χ1n) is 8.39. The van der Waals surface area contributed by atoms with Crippen molar-refractivity contribution in [3.05, 3.63) is 35.4 Å². The molecule has 3 amide bonds. The smallest absolute Gasteiger partial charge is 0.416 e. The van der Waals surface area contributed by atoms with E-state index in [4.69, 9.17) is 5.11 Å². The van der Waals surface area contributed by atoms with Crippen LogP contribution in [-0.4, -0.2) is 41.6 Å². The van der Waals surface area contributed by atoms with Gasteiger partial charge in [0.05, 0.1) is 12.1 Å². The van der Waals surface area contributed by atoms with Crippen LogP contribution in [-0.2, 0) is 11.0 Å². The molecule has 1 aromatic rings. The lowest BCUT2D eigenvalue weighted by molar-refractivity contribution is -0.137. The van der Waals surface area contributed by atoms with Crippen molar-refractivity contribution in [2.75, 3.05) is 6.54 Å². The molecule has 1 aromatic carbocycles. The van der Waals surface area contributed by atoms with Crippen molar-refractivity contribution < 1.29 is 32.7 Å². The normalized spacial score (nSPS) is 19.1. The number of hydrogen-bond acceptors (Lipinski definition) is 3. The molecule has 0 atom stereocenters. The molecule has 11 heteroatoms. The third-order valence-corrected chi connectivity index (χ3v) is 4.28. The highest BCUT2D eigenvalue weighted by Gasteiger charge is 2.31. The number of carboxylic acid groups (broad SMARTS) is 1. The fourth-order valence-corrected chi connectivity index (χ4v) is 2.93. The fourth-order valence-electron chi connectivity index (χ4n) is 2.93. The van der Waals surface area contributed by atoms with Crippen molar-refractivity contribution >= 4 is 30.3 Å². The van der Waals surface area contributed by atoms with Crippen LogP contribution in [0.15, 0.2) is 24.3 Å². The highest BCUT2D eigenvalue weighted by atomic mass is 35.5. The van der Waals surface area contributed by atoms with Gasteiger partial charge in [-0.05, 0) is 43.9 Å². The van der Waals surface area contributed by atoms with Crippen LogP contribution in [0.3, 0.4) is 0 Å². The maximum atomic E-state index is 12.7. The van der Waals surface area contributed by atoms with Gasteiger partial charge in [-0.25, -0.2) is 4.79 Å². The van der Waals surface area contributed by atoms with Gasteiger partial charge >= 0.3 is 12.3 Å². The number of alkyl halides is 3. The Balaban J connectivity index is 0.00000392. The summed E-state index contributed by atoms with van der Waals surface area (Å²) in [5, 5.41) is 16.1. The molecule has 0 bridgehead atoms. The quantitative estimate of drug-likeness (QED) is 0.583. The topological polar surface area (TPSA) is 108 Å². The van der Waals surface area contributed by atoms with E-state index < -0.39 is 29.6 Å². The molecule has 4 N–H and O–H groups in total. The van der Waals surface area contributed by atoms with E-state index in [2.05, 4.69) is 16.0 Å². The van der Waals surface area contributed by atoms with Crippen LogP contribution in [0.2, 0.25) is 0 Å². The molecule has 1 aliphatic rings. The zero-order chi connectivity index (χ0) is 20.0. The number of carbonyl (C=O) groups excluding carboxylic acids is 2. The monoisotopic (exact) mass is 423 g/mol. The molecule has 2 rings (SSSR count). The Labute approximate surface area is 165 Å². The van der Waals surface area contributed by atoms with Crippen molar-refractivity contribution in [2.45, 2.75) is 43.9 Å². The summed E-state index contributed by atoms with van der Waals surface area (Å²) in [6, 6.07) is 3.68. The van der Waals surface area contributed by atoms with Crippen molar-refractivity contribution in [3.8, 4) is 0 Å². The summed E-state index contributed by atoms with van der Waals surface area (Å²) >= 11 is 0. The van der Waals surface area contributed by atoms with E-state index in [1.54, 1.807) is 0 Å². The molecule has 0 spiro atoms. The fraction of sp³-hybridized carbons (Fsp3) is 0.471. The molecular weight excluding hydrogens is 403 g/mol. The molecule has 0 aliphatic heterocycles. The summed E-state index contributed by atoms with van der Waals surface area (Å²) in [6.45, 7) is -0.359. The Morgan fingerprint density at radius 3 is 2.14 bits per heavy atom. The summed E-state index contributed by atoms with van der Waals surface area (Å²) in [6.07, 6.45) is -3.26. The highest BCUT2D eigenvalue weighted by molar-refractivity contribution is 5.96. The number of benzene rings is 1. The maximum absolute atomic E-state index is 12.7. The Kier molecular flexibility index (Phi) is 8.55. The van der Waals surface area contributed by atoms with E-state index in [9.17, 15) is 27.6 Å². The van der Waals surface area contributed by atoms with Crippen molar-refractivity contribution in [1.82, 2.24) is 16.0 Å². The predicted octanol–water partition coefficient (Wildman–Crippen LogP) is 2.55. The summed E-state index contributed by atoms with van der Waals surface area (Å²) < 4.78 is 38.0. The summed E-state index contributed by atoms with van der Waals surface area (Å²) in [7, 11) is 0. The van der Waals surface area contributed by atoms with E-state index >= 15 is 0 Å². The SMILES string of the molecule is Cl.O=C(O)NC1CCC(NC(=O)CNC(=O)c2cccc(C(F)(F)F)c2)CC1. The van der Waals surface area contributed by atoms with Crippen molar-refractivity contribution in [1.29, 1.82) is 0 Å². The first-order chi connectivity index (χ1) is 12.6. The zero-order valence-electron chi connectivity index (χ0n) is 14.7. The summed E-state index contributed by atoms with van der Waals surface area (Å²) in [5.41, 5.74) is -1.12. The number of carbonyl (C=O) groups is 3. The number of amides is 3. The first-order valence-corrected chi connectivity index (χ1v) is 8.39. The molecule has 156 valence electrons. The van der Waals surface area contributed by atoms with Gasteiger partial charge in [0.2, 0.25) is 5.91 Å².